The molecular weight excluding hydrogens is 454 g/mol. The minimum Gasteiger partial charge on any atom is -0.475 e. The molecule has 0 aliphatic heterocycles. The molecule has 2 heterocycles. The third-order valence-corrected chi connectivity index (χ3v) is 5.91. The maximum atomic E-state index is 13.0. The molecule has 0 saturated carbocycles. The lowest BCUT2D eigenvalue weighted by molar-refractivity contribution is 0.0202. The second kappa shape index (κ2) is 11.4. The minimum atomic E-state index is -0.0586. The van der Waals surface area contributed by atoms with Crippen LogP contribution in [0.4, 0.5) is 0 Å². The van der Waals surface area contributed by atoms with Crippen molar-refractivity contribution >= 4 is 27.4 Å². The highest BCUT2D eigenvalue weighted by Crippen LogP contribution is 2.21. The zero-order chi connectivity index (χ0) is 22.2. The normalized spacial score (nSPS) is 12.4. The van der Waals surface area contributed by atoms with Gasteiger partial charge in [-0.25, -0.2) is 4.98 Å². The van der Waals surface area contributed by atoms with E-state index in [4.69, 9.17) is 4.74 Å². The van der Waals surface area contributed by atoms with Crippen LogP contribution in [0.2, 0.25) is 0 Å². The number of ketones is 1. The molecule has 0 radical (unpaired) electrons. The van der Waals surface area contributed by atoms with Crippen LogP contribution in [0.5, 0.6) is 5.75 Å². The first-order valence-corrected chi connectivity index (χ1v) is 12.0. The van der Waals surface area contributed by atoms with Crippen molar-refractivity contribution in [3.05, 3.63) is 64.5 Å². The maximum absolute atomic E-state index is 13.0. The van der Waals surface area contributed by atoms with E-state index in [-0.39, 0.29) is 12.0 Å². The van der Waals surface area contributed by atoms with Gasteiger partial charge in [-0.15, -0.1) is 0 Å². The highest BCUT2D eigenvalue weighted by Gasteiger charge is 2.19. The Hall–Kier alpha value is -2.18. The van der Waals surface area contributed by atoms with Crippen molar-refractivity contribution in [2.24, 2.45) is 0 Å². The minimum absolute atomic E-state index is 0.0516. The summed E-state index contributed by atoms with van der Waals surface area (Å²) in [7, 11) is 0. The number of fused-ring (bicyclic) bond motifs is 1. The van der Waals surface area contributed by atoms with Crippen LogP contribution in [0.1, 0.15) is 68.9 Å². The Morgan fingerprint density at radius 1 is 1.06 bits per heavy atom. The topological polar surface area (TPSA) is 46.8 Å². The summed E-state index contributed by atoms with van der Waals surface area (Å²) < 4.78 is 9.03. The summed E-state index contributed by atoms with van der Waals surface area (Å²) in [5, 5.41) is 0. The molecule has 0 saturated heterocycles. The Morgan fingerprint density at radius 2 is 1.74 bits per heavy atom. The second-order valence-electron chi connectivity index (χ2n) is 7.80. The maximum Gasteiger partial charge on any atom is 0.211 e. The summed E-state index contributed by atoms with van der Waals surface area (Å²) in [6, 6.07) is 11.3. The van der Waals surface area contributed by atoms with Gasteiger partial charge in [0.2, 0.25) is 5.78 Å². The van der Waals surface area contributed by atoms with Crippen molar-refractivity contribution in [2.45, 2.75) is 59.1 Å². The fraction of sp³-hybridized carbons (Fsp3) is 0.440. The molecule has 0 bridgehead atoms. The number of unbranched alkanes of at least 4 members (excludes halogenated alkanes) is 2. The lowest BCUT2D eigenvalue weighted by Gasteiger charge is -2.31. The monoisotopic (exact) mass is 485 g/mol. The molecule has 166 valence electrons. The number of ether oxygens (including phenoxy) is 1. The largest absolute Gasteiger partial charge is 0.475 e. The van der Waals surface area contributed by atoms with Gasteiger partial charge in [0.25, 0.3) is 0 Å². The molecule has 0 aliphatic rings. The van der Waals surface area contributed by atoms with Crippen molar-refractivity contribution < 1.29 is 9.53 Å². The van der Waals surface area contributed by atoms with Crippen LogP contribution in [0.25, 0.3) is 5.65 Å². The average Bonchev–Trinajstić information content (AvgIpc) is 3.21. The Balaban J connectivity index is 1.73. The summed E-state index contributed by atoms with van der Waals surface area (Å²) in [6.07, 6.45) is 9.16. The Bertz CT molecular complexity index is 976. The summed E-state index contributed by atoms with van der Waals surface area (Å²) >= 11 is 3.46. The van der Waals surface area contributed by atoms with Crippen LogP contribution >= 0.6 is 15.9 Å². The molecule has 1 atom stereocenters. The molecule has 0 amide bonds. The van der Waals surface area contributed by atoms with Crippen LogP contribution in [-0.2, 0) is 0 Å². The van der Waals surface area contributed by atoms with E-state index in [0.717, 1.165) is 35.4 Å². The summed E-state index contributed by atoms with van der Waals surface area (Å²) in [5.74, 6) is 0.735. The fourth-order valence-corrected chi connectivity index (χ4v) is 3.99. The van der Waals surface area contributed by atoms with Crippen molar-refractivity contribution in [3.63, 3.8) is 0 Å². The molecule has 5 nitrogen and oxygen atoms in total. The standard InChI is InChI=1S/C25H32BrN3O2/c1-4-7-15-28(16-8-5-2)24(6-3)31-21-12-9-19(10-13-21)25(30)22-17-27-23-14-11-20(26)18-29(22)23/h9-14,17-18,24H,4-8,15-16H2,1-3H3. The molecule has 31 heavy (non-hydrogen) atoms. The van der Waals surface area contributed by atoms with Crippen LogP contribution in [0.3, 0.4) is 0 Å². The van der Waals surface area contributed by atoms with Gasteiger partial charge in [-0.3, -0.25) is 14.1 Å². The number of carbonyl (C=O) groups excluding carboxylic acids is 1. The Labute approximate surface area is 193 Å². The fourth-order valence-electron chi connectivity index (χ4n) is 3.65. The van der Waals surface area contributed by atoms with Crippen LogP contribution < -0.4 is 4.74 Å². The lowest BCUT2D eigenvalue weighted by atomic mass is 10.1. The first-order valence-electron chi connectivity index (χ1n) is 11.2. The van der Waals surface area contributed by atoms with Crippen molar-refractivity contribution in [1.29, 1.82) is 0 Å². The number of rotatable bonds is 12. The molecular formula is C25H32BrN3O2. The first kappa shape index (κ1) is 23.5. The van der Waals surface area contributed by atoms with Gasteiger partial charge in [-0.2, -0.15) is 0 Å². The van der Waals surface area contributed by atoms with Crippen molar-refractivity contribution in [3.8, 4) is 5.75 Å². The third kappa shape index (κ3) is 5.95. The lowest BCUT2D eigenvalue weighted by Crippen LogP contribution is -2.40. The predicted molar refractivity (Wildman–Crippen MR) is 129 cm³/mol. The third-order valence-electron chi connectivity index (χ3n) is 5.45. The number of aromatic nitrogens is 2. The molecule has 1 aromatic carbocycles. The quantitative estimate of drug-likeness (QED) is 0.221. The van der Waals surface area contributed by atoms with E-state index in [2.05, 4.69) is 46.6 Å². The molecule has 2 aromatic heterocycles. The number of halogens is 1. The van der Waals surface area contributed by atoms with E-state index in [1.165, 1.54) is 25.7 Å². The van der Waals surface area contributed by atoms with Gasteiger partial charge in [0.05, 0.1) is 6.20 Å². The molecule has 3 aromatic rings. The molecule has 1 unspecified atom stereocenters. The number of carbonyl (C=O) groups is 1. The van der Waals surface area contributed by atoms with Gasteiger partial charge >= 0.3 is 0 Å². The van der Waals surface area contributed by atoms with Gasteiger partial charge in [0.15, 0.2) is 6.23 Å². The first-order chi connectivity index (χ1) is 15.1. The molecule has 0 spiro atoms. The zero-order valence-electron chi connectivity index (χ0n) is 18.7. The summed E-state index contributed by atoms with van der Waals surface area (Å²) in [5.41, 5.74) is 1.91. The Morgan fingerprint density at radius 3 is 2.35 bits per heavy atom. The molecule has 0 aliphatic carbocycles. The number of pyridine rings is 1. The van der Waals surface area contributed by atoms with E-state index in [0.29, 0.717) is 11.3 Å². The number of nitrogens with zero attached hydrogens (tertiary/aromatic N) is 3. The molecule has 3 rings (SSSR count). The van der Waals surface area contributed by atoms with Gasteiger partial charge in [-0.1, -0.05) is 33.6 Å². The number of imidazole rings is 1. The second-order valence-corrected chi connectivity index (χ2v) is 8.71. The van der Waals surface area contributed by atoms with E-state index >= 15 is 0 Å². The molecule has 0 N–H and O–H groups in total. The van der Waals surface area contributed by atoms with E-state index in [9.17, 15) is 4.79 Å². The van der Waals surface area contributed by atoms with Gasteiger partial charge in [0.1, 0.15) is 17.1 Å². The number of benzene rings is 1. The van der Waals surface area contributed by atoms with Gasteiger partial charge in [-0.05, 0) is 71.6 Å². The summed E-state index contributed by atoms with van der Waals surface area (Å²) in [4.78, 5) is 19.8. The van der Waals surface area contributed by atoms with E-state index in [1.807, 2.05) is 47.0 Å². The smallest absolute Gasteiger partial charge is 0.211 e. The molecule has 6 heteroatoms. The SMILES string of the molecule is CCCCN(CCCC)C(CC)Oc1ccc(C(=O)c2cnc3ccc(Br)cn23)cc1. The Kier molecular flexibility index (Phi) is 8.67. The average molecular weight is 486 g/mol. The predicted octanol–water partition coefficient (Wildman–Crippen LogP) is 6.34. The van der Waals surface area contributed by atoms with Crippen LogP contribution in [0.15, 0.2) is 53.3 Å². The van der Waals surface area contributed by atoms with Gasteiger partial charge in [0, 0.05) is 29.3 Å². The highest BCUT2D eigenvalue weighted by molar-refractivity contribution is 9.10. The van der Waals surface area contributed by atoms with Crippen molar-refractivity contribution in [2.75, 3.05) is 13.1 Å². The molecule has 0 fully saturated rings. The zero-order valence-corrected chi connectivity index (χ0v) is 20.3. The van der Waals surface area contributed by atoms with Gasteiger partial charge < -0.3 is 4.74 Å². The number of hydrogen-bond acceptors (Lipinski definition) is 4. The van der Waals surface area contributed by atoms with E-state index < -0.39 is 0 Å². The van der Waals surface area contributed by atoms with Crippen LogP contribution in [0, 0.1) is 0 Å². The highest BCUT2D eigenvalue weighted by atomic mass is 79.9. The summed E-state index contributed by atoms with van der Waals surface area (Å²) in [6.45, 7) is 8.71. The number of hydrogen-bond donors (Lipinski definition) is 0. The van der Waals surface area contributed by atoms with E-state index in [1.54, 1.807) is 6.20 Å². The van der Waals surface area contributed by atoms with Crippen molar-refractivity contribution in [1.82, 2.24) is 14.3 Å². The van der Waals surface area contributed by atoms with Crippen LogP contribution in [-0.4, -0.2) is 39.4 Å².